The van der Waals surface area contributed by atoms with E-state index in [1.165, 1.54) is 5.56 Å². The molecule has 0 fully saturated rings. The smallest absolute Gasteiger partial charge is 0.138 e. The number of nitrogens with one attached hydrogen (secondary N) is 1. The van der Waals surface area contributed by atoms with Crippen LogP contribution in [0.25, 0.3) is 0 Å². The second-order valence-electron chi connectivity index (χ2n) is 5.26. The molecule has 0 aliphatic rings. The number of rotatable bonds is 9. The van der Waals surface area contributed by atoms with Crippen LogP contribution in [-0.4, -0.2) is 41.6 Å². The van der Waals surface area contributed by atoms with Crippen molar-refractivity contribution in [1.29, 1.82) is 0 Å². The molecular weight excluding hydrogens is 264 g/mol. The Balaban J connectivity index is 1.94. The number of hydrogen-bond donors (Lipinski definition) is 1. The van der Waals surface area contributed by atoms with E-state index in [1.807, 2.05) is 11.7 Å². The molecule has 1 aromatic heterocycles. The molecule has 2 aromatic rings. The van der Waals surface area contributed by atoms with Gasteiger partial charge in [0.05, 0.1) is 6.61 Å². The molecule has 5 heteroatoms. The number of nitrogens with zero attached hydrogens (tertiary/aromatic N) is 3. The maximum atomic E-state index is 5.08. The van der Waals surface area contributed by atoms with Crippen molar-refractivity contribution in [3.05, 3.63) is 48.0 Å². The Bertz CT molecular complexity index is 512. The summed E-state index contributed by atoms with van der Waals surface area (Å²) in [6.45, 7) is 2.56. The summed E-state index contributed by atoms with van der Waals surface area (Å²) in [6, 6.07) is 10.6. The molecule has 0 bridgehead atoms. The number of hydrogen-bond acceptors (Lipinski definition) is 4. The summed E-state index contributed by atoms with van der Waals surface area (Å²) < 4.78 is 6.93. The summed E-state index contributed by atoms with van der Waals surface area (Å²) in [5.74, 6) is 1.52. The van der Waals surface area contributed by atoms with E-state index in [-0.39, 0.29) is 0 Å². The lowest BCUT2D eigenvalue weighted by molar-refractivity contribution is 0.197. The number of aromatic nitrogens is 3. The lowest BCUT2D eigenvalue weighted by Crippen LogP contribution is -2.29. The van der Waals surface area contributed by atoms with E-state index in [2.05, 4.69) is 45.7 Å². The Kier molecular flexibility index (Phi) is 6.37. The minimum Gasteiger partial charge on any atom is -0.383 e. The Labute approximate surface area is 126 Å². The Hall–Kier alpha value is -1.72. The fourth-order valence-electron chi connectivity index (χ4n) is 2.41. The molecule has 0 aliphatic carbocycles. The van der Waals surface area contributed by atoms with E-state index in [9.17, 15) is 0 Å². The van der Waals surface area contributed by atoms with Gasteiger partial charge in [0, 0.05) is 27.1 Å². The van der Waals surface area contributed by atoms with Gasteiger partial charge in [-0.3, -0.25) is 4.68 Å². The van der Waals surface area contributed by atoms with Crippen LogP contribution in [-0.2, 0) is 24.6 Å². The average Bonchev–Trinajstić information content (AvgIpc) is 2.90. The van der Waals surface area contributed by atoms with E-state index in [1.54, 1.807) is 13.4 Å². The van der Waals surface area contributed by atoms with Crippen LogP contribution in [0.15, 0.2) is 36.7 Å². The monoisotopic (exact) mass is 288 g/mol. The van der Waals surface area contributed by atoms with Gasteiger partial charge < -0.3 is 10.1 Å². The van der Waals surface area contributed by atoms with E-state index in [4.69, 9.17) is 4.74 Å². The van der Waals surface area contributed by atoms with Gasteiger partial charge in [-0.25, -0.2) is 4.98 Å². The maximum Gasteiger partial charge on any atom is 0.138 e. The highest BCUT2D eigenvalue weighted by atomic mass is 16.5. The predicted octanol–water partition coefficient (Wildman–Crippen LogP) is 1.45. The second-order valence-corrected chi connectivity index (χ2v) is 5.26. The van der Waals surface area contributed by atoms with Gasteiger partial charge >= 0.3 is 0 Å². The third-order valence-electron chi connectivity index (χ3n) is 3.56. The summed E-state index contributed by atoms with van der Waals surface area (Å²) in [4.78, 5) is 4.34. The van der Waals surface area contributed by atoms with Crippen molar-refractivity contribution in [2.75, 3.05) is 26.8 Å². The summed E-state index contributed by atoms with van der Waals surface area (Å²) in [5, 5.41) is 7.61. The van der Waals surface area contributed by atoms with E-state index < -0.39 is 0 Å². The van der Waals surface area contributed by atoms with Crippen LogP contribution in [0.5, 0.6) is 0 Å². The van der Waals surface area contributed by atoms with Crippen molar-refractivity contribution in [3.8, 4) is 0 Å². The average molecular weight is 288 g/mol. The fraction of sp³-hybridized carbons (Fsp3) is 0.500. The van der Waals surface area contributed by atoms with Gasteiger partial charge in [-0.15, -0.1) is 0 Å². The van der Waals surface area contributed by atoms with Gasteiger partial charge in [-0.2, -0.15) is 5.10 Å². The fourth-order valence-corrected chi connectivity index (χ4v) is 2.41. The van der Waals surface area contributed by atoms with Crippen LogP contribution in [0.3, 0.4) is 0 Å². The first-order chi connectivity index (χ1) is 10.3. The van der Waals surface area contributed by atoms with Crippen LogP contribution < -0.4 is 5.32 Å². The van der Waals surface area contributed by atoms with Crippen LogP contribution in [0.1, 0.15) is 11.4 Å². The molecule has 0 amide bonds. The summed E-state index contributed by atoms with van der Waals surface area (Å²) >= 11 is 0. The van der Waals surface area contributed by atoms with Crippen LogP contribution >= 0.6 is 0 Å². The third-order valence-corrected chi connectivity index (χ3v) is 3.56. The normalized spacial score (nSPS) is 12.5. The third kappa shape index (κ3) is 5.28. The first kappa shape index (κ1) is 15.7. The first-order valence-electron chi connectivity index (χ1n) is 7.36. The van der Waals surface area contributed by atoms with Crippen LogP contribution in [0.4, 0.5) is 0 Å². The number of benzene rings is 1. The van der Waals surface area contributed by atoms with Gasteiger partial charge in [0.25, 0.3) is 0 Å². The molecular formula is C16H24N4O. The van der Waals surface area contributed by atoms with Crippen molar-refractivity contribution < 1.29 is 4.74 Å². The zero-order valence-electron chi connectivity index (χ0n) is 12.8. The topological polar surface area (TPSA) is 52.0 Å². The Morgan fingerprint density at radius 2 is 2.05 bits per heavy atom. The Morgan fingerprint density at radius 3 is 2.71 bits per heavy atom. The lowest BCUT2D eigenvalue weighted by atomic mass is 9.95. The standard InChI is InChI=1S/C16H24N4O/c1-20-16(18-13-19-20)11-15(12-17-8-9-21-2)10-14-6-4-3-5-7-14/h3-7,13,15,17H,8-12H2,1-2H3. The quantitative estimate of drug-likeness (QED) is 0.710. The van der Waals surface area contributed by atoms with Crippen LogP contribution in [0, 0.1) is 5.92 Å². The molecule has 0 spiro atoms. The molecule has 1 N–H and O–H groups in total. The molecule has 1 heterocycles. The molecule has 1 unspecified atom stereocenters. The molecule has 5 nitrogen and oxygen atoms in total. The number of aryl methyl sites for hydroxylation is 1. The van der Waals surface area contributed by atoms with Crippen molar-refractivity contribution in [1.82, 2.24) is 20.1 Å². The minimum atomic E-state index is 0.493. The second kappa shape index (κ2) is 8.54. The van der Waals surface area contributed by atoms with Crippen LogP contribution in [0.2, 0.25) is 0 Å². The van der Waals surface area contributed by atoms with Gasteiger partial charge in [0.2, 0.25) is 0 Å². The van der Waals surface area contributed by atoms with Crippen molar-refractivity contribution in [2.24, 2.45) is 13.0 Å². The molecule has 0 saturated heterocycles. The largest absolute Gasteiger partial charge is 0.383 e. The maximum absolute atomic E-state index is 5.08. The molecule has 2 rings (SSSR count). The molecule has 114 valence electrons. The lowest BCUT2D eigenvalue weighted by Gasteiger charge is -2.17. The van der Waals surface area contributed by atoms with E-state index >= 15 is 0 Å². The molecule has 0 aliphatic heterocycles. The molecule has 1 aromatic carbocycles. The minimum absolute atomic E-state index is 0.493. The number of methoxy groups -OCH3 is 1. The molecule has 0 radical (unpaired) electrons. The van der Waals surface area contributed by atoms with E-state index in [0.29, 0.717) is 5.92 Å². The summed E-state index contributed by atoms with van der Waals surface area (Å²) in [7, 11) is 3.67. The highest BCUT2D eigenvalue weighted by Crippen LogP contribution is 2.12. The predicted molar refractivity (Wildman–Crippen MR) is 83.1 cm³/mol. The zero-order valence-corrected chi connectivity index (χ0v) is 12.8. The molecule has 1 atom stereocenters. The van der Waals surface area contributed by atoms with E-state index in [0.717, 1.165) is 38.4 Å². The Morgan fingerprint density at radius 1 is 1.24 bits per heavy atom. The van der Waals surface area contributed by atoms with Crippen molar-refractivity contribution >= 4 is 0 Å². The van der Waals surface area contributed by atoms with Gasteiger partial charge in [-0.1, -0.05) is 30.3 Å². The zero-order chi connectivity index (χ0) is 14.9. The molecule has 0 saturated carbocycles. The van der Waals surface area contributed by atoms with Crippen molar-refractivity contribution in [2.45, 2.75) is 12.8 Å². The van der Waals surface area contributed by atoms with Gasteiger partial charge in [0.1, 0.15) is 12.2 Å². The van der Waals surface area contributed by atoms with Gasteiger partial charge in [-0.05, 0) is 24.4 Å². The molecule has 21 heavy (non-hydrogen) atoms. The van der Waals surface area contributed by atoms with Gasteiger partial charge in [0.15, 0.2) is 0 Å². The highest BCUT2D eigenvalue weighted by molar-refractivity contribution is 5.15. The highest BCUT2D eigenvalue weighted by Gasteiger charge is 2.13. The first-order valence-corrected chi connectivity index (χ1v) is 7.36. The van der Waals surface area contributed by atoms with Crippen molar-refractivity contribution in [3.63, 3.8) is 0 Å². The SMILES string of the molecule is COCCNCC(Cc1ccccc1)Cc1ncnn1C. The summed E-state index contributed by atoms with van der Waals surface area (Å²) in [6.07, 6.45) is 3.58. The number of ether oxygens (including phenoxy) is 1. The summed E-state index contributed by atoms with van der Waals surface area (Å²) in [5.41, 5.74) is 1.36.